The van der Waals surface area contributed by atoms with Crippen LogP contribution < -0.4 is 5.73 Å². The summed E-state index contributed by atoms with van der Waals surface area (Å²) in [6.45, 7) is 1.63. The van der Waals surface area contributed by atoms with E-state index in [4.69, 9.17) is 5.73 Å². The van der Waals surface area contributed by atoms with Crippen LogP contribution in [0.5, 0.6) is 0 Å². The third-order valence-electron chi connectivity index (χ3n) is 2.27. The van der Waals surface area contributed by atoms with Crippen molar-refractivity contribution in [1.82, 2.24) is 4.90 Å². The standard InChI is InChI=1S/C9H15N2.C5H5.Fe/c1-11(2)7-9-5-3-4-8(9)6-10;1-2-4-5-3-1;/h3-5H,6-7,10H2,1-2H3;1-5H;/q;;+2. The molecule has 2 aliphatic carbocycles. The van der Waals surface area contributed by atoms with Gasteiger partial charge in [0.2, 0.25) is 0 Å². The average Bonchev–Trinajstić information content (AvgIpc) is 2.89. The van der Waals surface area contributed by atoms with E-state index in [-0.39, 0.29) is 17.1 Å². The van der Waals surface area contributed by atoms with Gasteiger partial charge in [0.15, 0.2) is 0 Å². The van der Waals surface area contributed by atoms with Gasteiger partial charge >= 0.3 is 17.1 Å². The van der Waals surface area contributed by atoms with E-state index in [1.165, 1.54) is 11.8 Å². The van der Waals surface area contributed by atoms with Crippen molar-refractivity contribution in [2.45, 2.75) is 0 Å². The summed E-state index contributed by atoms with van der Waals surface area (Å²) in [7, 11) is 4.13. The van der Waals surface area contributed by atoms with Crippen LogP contribution in [0.2, 0.25) is 0 Å². The molecule has 0 aromatic carbocycles. The minimum atomic E-state index is 0. The molecule has 0 aliphatic heterocycles. The molecule has 0 bridgehead atoms. The second-order valence-electron chi connectivity index (χ2n) is 3.98. The normalized spacial score (nSPS) is 21.2. The van der Waals surface area contributed by atoms with Gasteiger partial charge in [0, 0.05) is 18.4 Å². The Kier molecular flexibility index (Phi) is 10.6. The van der Waals surface area contributed by atoms with E-state index in [0.29, 0.717) is 6.54 Å². The molecule has 0 aromatic heterocycles. The number of rotatable bonds is 3. The summed E-state index contributed by atoms with van der Waals surface area (Å²) in [5.74, 6) is 2.61. The fourth-order valence-corrected chi connectivity index (χ4v) is 1.51. The molecule has 0 saturated heterocycles. The van der Waals surface area contributed by atoms with Crippen molar-refractivity contribution in [3.8, 4) is 0 Å². The van der Waals surface area contributed by atoms with Crippen LogP contribution in [0, 0.1) is 63.2 Å². The smallest absolute Gasteiger partial charge is 0.330 e. The predicted molar refractivity (Wildman–Crippen MR) is 68.5 cm³/mol. The molecule has 0 spiro atoms. The van der Waals surface area contributed by atoms with Gasteiger partial charge in [-0.05, 0) is 72.0 Å². The van der Waals surface area contributed by atoms with Crippen molar-refractivity contribution in [3.05, 3.63) is 63.2 Å². The molecule has 3 heteroatoms. The molecule has 92 valence electrons. The molecule has 17 heavy (non-hydrogen) atoms. The minimum absolute atomic E-state index is 0. The molecule has 2 rings (SSSR count). The topological polar surface area (TPSA) is 29.3 Å². The van der Waals surface area contributed by atoms with E-state index < -0.39 is 0 Å². The largest absolute Gasteiger partial charge is 2.00 e. The zero-order valence-corrected chi connectivity index (χ0v) is 11.5. The van der Waals surface area contributed by atoms with E-state index in [0.717, 1.165) is 6.54 Å². The van der Waals surface area contributed by atoms with Crippen LogP contribution in [0.3, 0.4) is 0 Å². The summed E-state index contributed by atoms with van der Waals surface area (Å²) < 4.78 is 0. The van der Waals surface area contributed by atoms with Gasteiger partial charge in [-0.15, -0.1) is 0 Å². The van der Waals surface area contributed by atoms with Crippen LogP contribution in [0.1, 0.15) is 0 Å². The van der Waals surface area contributed by atoms with Crippen LogP contribution in [0.25, 0.3) is 0 Å². The van der Waals surface area contributed by atoms with Crippen molar-refractivity contribution in [2.75, 3.05) is 27.2 Å². The average molecular weight is 272 g/mol. The van der Waals surface area contributed by atoms with Crippen molar-refractivity contribution >= 4 is 0 Å². The Labute approximate surface area is 118 Å². The molecule has 2 N–H and O–H groups in total. The second kappa shape index (κ2) is 10.4. The molecular formula is C14H20FeN2+2. The Morgan fingerprint density at radius 2 is 1.35 bits per heavy atom. The maximum absolute atomic E-state index is 5.55. The quantitative estimate of drug-likeness (QED) is 0.785. The molecular weight excluding hydrogens is 252 g/mol. The Hall–Kier alpha value is 0.439. The number of nitrogens with two attached hydrogens (primary N) is 1. The molecule has 0 amide bonds. The van der Waals surface area contributed by atoms with Crippen molar-refractivity contribution in [3.63, 3.8) is 0 Å². The van der Waals surface area contributed by atoms with Gasteiger partial charge in [0.1, 0.15) is 0 Å². The molecule has 0 unspecified atom stereocenters. The van der Waals surface area contributed by atoms with E-state index in [2.05, 4.69) is 38.3 Å². The van der Waals surface area contributed by atoms with Gasteiger partial charge in [0.05, 0.1) is 0 Å². The Morgan fingerprint density at radius 3 is 1.76 bits per heavy atom. The molecule has 0 atom stereocenters. The summed E-state index contributed by atoms with van der Waals surface area (Å²) in [5, 5.41) is 0. The van der Waals surface area contributed by atoms with Gasteiger partial charge < -0.3 is 10.6 Å². The van der Waals surface area contributed by atoms with Gasteiger partial charge in [-0.3, -0.25) is 0 Å². The summed E-state index contributed by atoms with van der Waals surface area (Å²) in [6.07, 6.45) is 16.3. The second-order valence-corrected chi connectivity index (χ2v) is 3.98. The van der Waals surface area contributed by atoms with E-state index >= 15 is 0 Å². The van der Waals surface area contributed by atoms with Gasteiger partial charge in [-0.2, -0.15) is 0 Å². The zero-order chi connectivity index (χ0) is 11.8. The van der Waals surface area contributed by atoms with Crippen molar-refractivity contribution in [2.24, 2.45) is 5.73 Å². The molecule has 2 nitrogen and oxygen atoms in total. The van der Waals surface area contributed by atoms with Crippen LogP contribution in [-0.2, 0) is 17.1 Å². The molecule has 0 aromatic rings. The predicted octanol–water partition coefficient (Wildman–Crippen LogP) is 1.30. The maximum atomic E-state index is 5.55. The Bertz CT molecular complexity index is 162. The molecule has 0 heterocycles. The fraction of sp³-hybridized carbons (Fsp3) is 0.286. The maximum Gasteiger partial charge on any atom is 2.00 e. The van der Waals surface area contributed by atoms with Crippen LogP contribution in [0.15, 0.2) is 0 Å². The monoisotopic (exact) mass is 272 g/mol. The fourth-order valence-electron chi connectivity index (χ4n) is 1.51. The third-order valence-corrected chi connectivity index (χ3v) is 2.27. The zero-order valence-electron chi connectivity index (χ0n) is 10.4. The molecule has 2 saturated carbocycles. The summed E-state index contributed by atoms with van der Waals surface area (Å²) in [4.78, 5) is 2.15. The Balaban J connectivity index is 0.000000360. The van der Waals surface area contributed by atoms with E-state index in [1.54, 1.807) is 0 Å². The first kappa shape index (κ1) is 17.4. The van der Waals surface area contributed by atoms with Gasteiger partial charge in [-0.1, -0.05) is 0 Å². The summed E-state index contributed by atoms with van der Waals surface area (Å²) in [6, 6.07) is 0. The first-order valence-corrected chi connectivity index (χ1v) is 5.49. The number of hydrogen-bond acceptors (Lipinski definition) is 2. The van der Waals surface area contributed by atoms with Crippen LogP contribution >= 0.6 is 0 Å². The van der Waals surface area contributed by atoms with Gasteiger partial charge in [0.25, 0.3) is 0 Å². The van der Waals surface area contributed by atoms with Gasteiger partial charge in [-0.25, -0.2) is 0 Å². The molecule has 2 aliphatic rings. The SMILES string of the molecule is CN(C)C[C]1[CH][CH][CH][C]1CN.[CH]1[CH][CH][CH][CH]1.[Fe+2]. The summed E-state index contributed by atoms with van der Waals surface area (Å²) in [5.41, 5.74) is 5.55. The molecule has 10 radical (unpaired) electrons. The minimum Gasteiger partial charge on any atom is -0.330 e. The van der Waals surface area contributed by atoms with Crippen LogP contribution in [0.4, 0.5) is 0 Å². The number of nitrogens with zero attached hydrogens (tertiary/aromatic N) is 1. The number of hydrogen-bond donors (Lipinski definition) is 1. The first-order chi connectivity index (χ1) is 7.74. The summed E-state index contributed by atoms with van der Waals surface area (Å²) >= 11 is 0. The third kappa shape index (κ3) is 7.46. The first-order valence-electron chi connectivity index (χ1n) is 5.49. The van der Waals surface area contributed by atoms with Crippen LogP contribution in [-0.4, -0.2) is 32.1 Å². The van der Waals surface area contributed by atoms with Crippen molar-refractivity contribution < 1.29 is 17.1 Å². The van der Waals surface area contributed by atoms with E-state index in [1.807, 2.05) is 32.1 Å². The molecule has 2 fully saturated rings. The van der Waals surface area contributed by atoms with E-state index in [9.17, 15) is 0 Å². The van der Waals surface area contributed by atoms with Crippen molar-refractivity contribution in [1.29, 1.82) is 0 Å². The Morgan fingerprint density at radius 1 is 0.882 bits per heavy atom.